The first-order valence-electron chi connectivity index (χ1n) is 6.09. The van der Waals surface area contributed by atoms with E-state index in [1.807, 2.05) is 51.1 Å². The second-order valence-corrected chi connectivity index (χ2v) is 5.25. The van der Waals surface area contributed by atoms with Gasteiger partial charge in [0.25, 0.3) is 0 Å². The molecule has 0 aliphatic heterocycles. The third-order valence-corrected chi connectivity index (χ3v) is 2.19. The number of allylic oxidation sites excluding steroid dienone is 1. The number of hydrogen-bond donors (Lipinski definition) is 1. The second kappa shape index (κ2) is 6.73. The zero-order valence-corrected chi connectivity index (χ0v) is 11.5. The van der Waals surface area contributed by atoms with E-state index in [2.05, 4.69) is 10.1 Å². The molecule has 0 heterocycles. The molecular formula is C15H19NO3. The summed E-state index contributed by atoms with van der Waals surface area (Å²) in [6, 6.07) is 9.39. The van der Waals surface area contributed by atoms with Crippen molar-refractivity contribution in [3.8, 4) is 0 Å². The van der Waals surface area contributed by atoms with Crippen LogP contribution in [-0.4, -0.2) is 12.1 Å². The summed E-state index contributed by atoms with van der Waals surface area (Å²) >= 11 is 0. The second-order valence-electron chi connectivity index (χ2n) is 5.25. The van der Waals surface area contributed by atoms with Crippen LogP contribution >= 0.6 is 0 Å². The van der Waals surface area contributed by atoms with E-state index in [4.69, 9.17) is 0 Å². The topological polar surface area (TPSA) is 55.4 Å². The number of benzene rings is 1. The van der Waals surface area contributed by atoms with E-state index in [1.54, 1.807) is 6.08 Å². The Kier molecular flexibility index (Phi) is 5.30. The Balaban J connectivity index is 2.36. The molecule has 19 heavy (non-hydrogen) atoms. The fourth-order valence-corrected chi connectivity index (χ4v) is 1.25. The van der Waals surface area contributed by atoms with Gasteiger partial charge in [0.05, 0.1) is 0 Å². The number of carbonyl (C=O) groups excluding carboxylic acids is 2. The fourth-order valence-electron chi connectivity index (χ4n) is 1.25. The van der Waals surface area contributed by atoms with Gasteiger partial charge in [0.2, 0.25) is 0 Å². The van der Waals surface area contributed by atoms with Crippen LogP contribution in [0, 0.1) is 5.41 Å². The Morgan fingerprint density at radius 3 is 2.42 bits per heavy atom. The van der Waals surface area contributed by atoms with Crippen molar-refractivity contribution in [2.75, 3.05) is 0 Å². The molecule has 0 aromatic heterocycles. The average molecular weight is 261 g/mol. The molecule has 1 N–H and O–H groups in total. The van der Waals surface area contributed by atoms with E-state index >= 15 is 0 Å². The molecule has 0 aliphatic carbocycles. The number of ether oxygens (including phenoxy) is 1. The van der Waals surface area contributed by atoms with E-state index < -0.39 is 12.1 Å². The number of hydrogen-bond acceptors (Lipinski definition) is 3. The molecule has 1 aromatic rings. The van der Waals surface area contributed by atoms with Crippen molar-refractivity contribution >= 4 is 12.1 Å². The summed E-state index contributed by atoms with van der Waals surface area (Å²) in [7, 11) is 0. The van der Waals surface area contributed by atoms with Crippen molar-refractivity contribution in [1.82, 2.24) is 5.32 Å². The third kappa shape index (κ3) is 7.03. The lowest BCUT2D eigenvalue weighted by atomic mass is 9.96. The maximum Gasteiger partial charge on any atom is 0.415 e. The molecular weight excluding hydrogens is 242 g/mol. The van der Waals surface area contributed by atoms with Crippen molar-refractivity contribution in [2.45, 2.75) is 27.3 Å². The Bertz CT molecular complexity index is 458. The van der Waals surface area contributed by atoms with Crippen LogP contribution in [0.25, 0.3) is 0 Å². The molecule has 0 bridgehead atoms. The minimum atomic E-state index is -0.743. The van der Waals surface area contributed by atoms with Gasteiger partial charge in [0, 0.05) is 12.6 Å². The van der Waals surface area contributed by atoms with Crippen LogP contribution in [0.3, 0.4) is 0 Å². The van der Waals surface area contributed by atoms with Crippen LogP contribution in [0.15, 0.2) is 42.5 Å². The maximum atomic E-state index is 11.4. The van der Waals surface area contributed by atoms with Crippen LogP contribution in [-0.2, 0) is 16.1 Å². The minimum Gasteiger partial charge on any atom is -0.373 e. The predicted molar refractivity (Wildman–Crippen MR) is 73.4 cm³/mol. The Morgan fingerprint density at radius 2 is 1.84 bits per heavy atom. The number of esters is 1. The summed E-state index contributed by atoms with van der Waals surface area (Å²) in [6.45, 7) is 6.18. The highest BCUT2D eigenvalue weighted by molar-refractivity contribution is 5.91. The first kappa shape index (κ1) is 15.0. The Morgan fingerprint density at radius 1 is 1.21 bits per heavy atom. The molecule has 0 spiro atoms. The average Bonchev–Trinajstić information content (AvgIpc) is 2.34. The van der Waals surface area contributed by atoms with Gasteiger partial charge in [-0.05, 0) is 11.0 Å². The van der Waals surface area contributed by atoms with Gasteiger partial charge in [0.1, 0.15) is 0 Å². The van der Waals surface area contributed by atoms with Crippen molar-refractivity contribution in [1.29, 1.82) is 0 Å². The van der Waals surface area contributed by atoms with Crippen molar-refractivity contribution in [3.05, 3.63) is 48.0 Å². The summed E-state index contributed by atoms with van der Waals surface area (Å²) in [5.74, 6) is -0.666. The van der Waals surface area contributed by atoms with E-state index in [-0.39, 0.29) is 5.41 Å². The lowest BCUT2D eigenvalue weighted by molar-refractivity contribution is -0.131. The summed E-state index contributed by atoms with van der Waals surface area (Å²) in [5, 5.41) is 2.51. The number of rotatable bonds is 3. The van der Waals surface area contributed by atoms with Gasteiger partial charge >= 0.3 is 12.1 Å². The molecule has 0 radical (unpaired) electrons. The van der Waals surface area contributed by atoms with Gasteiger partial charge in [-0.3, -0.25) is 0 Å². The van der Waals surface area contributed by atoms with E-state index in [1.165, 1.54) is 6.08 Å². The first-order valence-corrected chi connectivity index (χ1v) is 6.09. The molecule has 0 aliphatic rings. The lowest BCUT2D eigenvalue weighted by Gasteiger charge is -2.10. The van der Waals surface area contributed by atoms with Crippen LogP contribution in [0.1, 0.15) is 26.3 Å². The molecule has 0 saturated carbocycles. The van der Waals surface area contributed by atoms with E-state index in [9.17, 15) is 9.59 Å². The number of alkyl carbamates (subject to hydrolysis) is 1. The van der Waals surface area contributed by atoms with Crippen molar-refractivity contribution < 1.29 is 14.3 Å². The van der Waals surface area contributed by atoms with E-state index in [0.29, 0.717) is 6.54 Å². The zero-order chi connectivity index (χ0) is 14.3. The molecule has 102 valence electrons. The molecule has 4 heteroatoms. The molecule has 0 unspecified atom stereocenters. The van der Waals surface area contributed by atoms with Crippen LogP contribution in [0.5, 0.6) is 0 Å². The van der Waals surface area contributed by atoms with Gasteiger partial charge in [-0.2, -0.15) is 0 Å². The van der Waals surface area contributed by atoms with Crippen LogP contribution < -0.4 is 5.32 Å². The quantitative estimate of drug-likeness (QED) is 0.517. The number of carbonyl (C=O) groups is 2. The molecule has 4 nitrogen and oxygen atoms in total. The van der Waals surface area contributed by atoms with Crippen molar-refractivity contribution in [2.24, 2.45) is 5.41 Å². The van der Waals surface area contributed by atoms with E-state index in [0.717, 1.165) is 5.56 Å². The van der Waals surface area contributed by atoms with Crippen LogP contribution in [0.4, 0.5) is 4.79 Å². The molecule has 1 amide bonds. The summed E-state index contributed by atoms with van der Waals surface area (Å²) < 4.78 is 4.59. The largest absolute Gasteiger partial charge is 0.415 e. The highest BCUT2D eigenvalue weighted by atomic mass is 16.6. The monoisotopic (exact) mass is 261 g/mol. The van der Waals surface area contributed by atoms with Gasteiger partial charge in [-0.1, -0.05) is 57.2 Å². The lowest BCUT2D eigenvalue weighted by Crippen LogP contribution is -2.25. The van der Waals surface area contributed by atoms with Crippen LogP contribution in [0.2, 0.25) is 0 Å². The van der Waals surface area contributed by atoms with Crippen molar-refractivity contribution in [3.63, 3.8) is 0 Å². The number of nitrogens with one attached hydrogen (secondary N) is 1. The summed E-state index contributed by atoms with van der Waals surface area (Å²) in [6.07, 6.45) is 2.22. The maximum absolute atomic E-state index is 11.4. The smallest absolute Gasteiger partial charge is 0.373 e. The predicted octanol–water partition coefficient (Wildman–Crippen LogP) is 3.04. The van der Waals surface area contributed by atoms with Gasteiger partial charge < -0.3 is 10.1 Å². The Hall–Kier alpha value is -2.10. The van der Waals surface area contributed by atoms with Gasteiger partial charge in [-0.15, -0.1) is 0 Å². The molecule has 0 saturated heterocycles. The highest BCUT2D eigenvalue weighted by Gasteiger charge is 2.09. The standard InChI is InChI=1S/C15H19NO3/c1-15(2,3)10-9-13(17)19-14(18)16-11-12-7-5-4-6-8-12/h4-10H,11H2,1-3H3,(H,16,18). The Labute approximate surface area is 113 Å². The molecule has 1 rings (SSSR count). The SMILES string of the molecule is CC(C)(C)C=CC(=O)OC(=O)NCc1ccccc1. The number of amides is 1. The van der Waals surface area contributed by atoms with Gasteiger partial charge in [-0.25, -0.2) is 9.59 Å². The minimum absolute atomic E-state index is 0.125. The molecule has 1 aromatic carbocycles. The fraction of sp³-hybridized carbons (Fsp3) is 0.333. The summed E-state index contributed by atoms with van der Waals surface area (Å²) in [5.41, 5.74) is 0.816. The normalized spacial score (nSPS) is 11.3. The molecule has 0 fully saturated rings. The molecule has 0 atom stereocenters. The van der Waals surface area contributed by atoms with Gasteiger partial charge in [0.15, 0.2) is 0 Å². The first-order chi connectivity index (χ1) is 8.87. The highest BCUT2D eigenvalue weighted by Crippen LogP contribution is 2.14. The third-order valence-electron chi connectivity index (χ3n) is 2.19. The summed E-state index contributed by atoms with van der Waals surface area (Å²) in [4.78, 5) is 22.7. The zero-order valence-electron chi connectivity index (χ0n) is 11.5.